The van der Waals surface area contributed by atoms with E-state index in [0.29, 0.717) is 5.75 Å². The van der Waals surface area contributed by atoms with Crippen molar-refractivity contribution in [3.05, 3.63) is 65.7 Å². The van der Waals surface area contributed by atoms with Crippen LogP contribution in [-0.2, 0) is 20.8 Å². The average Bonchev–Trinajstić information content (AvgIpc) is 2.72. The minimum Gasteiger partial charge on any atom is -0.497 e. The fourth-order valence-corrected chi connectivity index (χ4v) is 2.89. The van der Waals surface area contributed by atoms with Crippen molar-refractivity contribution in [2.75, 3.05) is 7.11 Å². The molecule has 29 heavy (non-hydrogen) atoms. The van der Waals surface area contributed by atoms with Gasteiger partial charge < -0.3 is 21.1 Å². The summed E-state index contributed by atoms with van der Waals surface area (Å²) in [7, 11) is 1.55. The zero-order valence-electron chi connectivity index (χ0n) is 16.7. The summed E-state index contributed by atoms with van der Waals surface area (Å²) in [4.78, 5) is 36.1. The molecule has 154 valence electrons. The largest absolute Gasteiger partial charge is 0.497 e. The number of carbonyl (C=O) groups excluding carboxylic acids is 3. The number of ether oxygens (including phenoxy) is 1. The molecule has 0 radical (unpaired) electrons. The van der Waals surface area contributed by atoms with Crippen molar-refractivity contribution in [2.45, 2.75) is 38.3 Å². The molecule has 0 heterocycles. The molecule has 2 aromatic rings. The van der Waals surface area contributed by atoms with Crippen LogP contribution in [0.5, 0.6) is 5.75 Å². The molecule has 2 aromatic carbocycles. The Balaban J connectivity index is 1.83. The molecular formula is C22H27N3O4. The Kier molecular flexibility index (Phi) is 8.21. The molecule has 0 aliphatic rings. The molecule has 0 saturated carbocycles. The molecule has 0 saturated heterocycles. The van der Waals surface area contributed by atoms with E-state index in [9.17, 15) is 14.4 Å². The highest BCUT2D eigenvalue weighted by Crippen LogP contribution is 2.14. The van der Waals surface area contributed by atoms with Crippen LogP contribution in [0, 0.1) is 0 Å². The standard InChI is InChI=1S/C22H27N3O4/c1-15(17-8-4-3-5-9-17)24-20(26)11-12-21(27)25-19(22(23)28)14-16-7-6-10-18(13-16)29-2/h3-10,13,15,19H,11-12,14H2,1-2H3,(H2,23,28)(H,24,26)(H,25,27)/t15-,19-/m1/s1. The van der Waals surface area contributed by atoms with Crippen LogP contribution < -0.4 is 21.1 Å². The van der Waals surface area contributed by atoms with E-state index in [1.54, 1.807) is 25.3 Å². The monoisotopic (exact) mass is 397 g/mol. The van der Waals surface area contributed by atoms with Gasteiger partial charge in [-0.3, -0.25) is 14.4 Å². The predicted molar refractivity (Wildman–Crippen MR) is 110 cm³/mol. The van der Waals surface area contributed by atoms with Gasteiger partial charge >= 0.3 is 0 Å². The van der Waals surface area contributed by atoms with Crippen molar-refractivity contribution in [1.29, 1.82) is 0 Å². The summed E-state index contributed by atoms with van der Waals surface area (Å²) in [6.07, 6.45) is 0.235. The lowest BCUT2D eigenvalue weighted by molar-refractivity contribution is -0.129. The van der Waals surface area contributed by atoms with E-state index >= 15 is 0 Å². The lowest BCUT2D eigenvalue weighted by atomic mass is 10.0. The highest BCUT2D eigenvalue weighted by molar-refractivity contribution is 5.88. The fourth-order valence-electron chi connectivity index (χ4n) is 2.89. The van der Waals surface area contributed by atoms with Crippen LogP contribution in [0.1, 0.15) is 36.9 Å². The van der Waals surface area contributed by atoms with Crippen molar-refractivity contribution in [3.8, 4) is 5.75 Å². The summed E-state index contributed by atoms with van der Waals surface area (Å²) < 4.78 is 5.16. The highest BCUT2D eigenvalue weighted by Gasteiger charge is 2.19. The summed E-state index contributed by atoms with van der Waals surface area (Å²) in [6, 6.07) is 15.7. The number of methoxy groups -OCH3 is 1. The van der Waals surface area contributed by atoms with Crippen LogP contribution in [0.25, 0.3) is 0 Å². The first-order valence-electron chi connectivity index (χ1n) is 9.45. The van der Waals surface area contributed by atoms with E-state index in [1.165, 1.54) is 0 Å². The van der Waals surface area contributed by atoms with E-state index in [2.05, 4.69) is 10.6 Å². The third-order valence-corrected chi connectivity index (χ3v) is 4.51. The Bertz CT molecular complexity index is 839. The smallest absolute Gasteiger partial charge is 0.240 e. The highest BCUT2D eigenvalue weighted by atomic mass is 16.5. The number of amides is 3. The average molecular weight is 397 g/mol. The van der Waals surface area contributed by atoms with Gasteiger partial charge in [-0.25, -0.2) is 0 Å². The van der Waals surface area contributed by atoms with Crippen molar-refractivity contribution in [3.63, 3.8) is 0 Å². The van der Waals surface area contributed by atoms with Gasteiger partial charge in [0, 0.05) is 19.3 Å². The van der Waals surface area contributed by atoms with Gasteiger partial charge in [-0.05, 0) is 30.2 Å². The number of nitrogens with one attached hydrogen (secondary N) is 2. The van der Waals surface area contributed by atoms with Gasteiger partial charge in [0.05, 0.1) is 13.2 Å². The Hall–Kier alpha value is -3.35. The molecule has 0 unspecified atom stereocenters. The molecule has 3 amide bonds. The molecule has 4 N–H and O–H groups in total. The number of carbonyl (C=O) groups is 3. The van der Waals surface area contributed by atoms with Crippen molar-refractivity contribution >= 4 is 17.7 Å². The lowest BCUT2D eigenvalue weighted by Gasteiger charge is -2.17. The third-order valence-electron chi connectivity index (χ3n) is 4.51. The van der Waals surface area contributed by atoms with Gasteiger partial charge in [-0.15, -0.1) is 0 Å². The van der Waals surface area contributed by atoms with Crippen molar-refractivity contribution in [1.82, 2.24) is 10.6 Å². The third kappa shape index (κ3) is 7.29. The number of hydrogen-bond donors (Lipinski definition) is 3. The Morgan fingerprint density at radius 1 is 0.966 bits per heavy atom. The second kappa shape index (κ2) is 10.8. The SMILES string of the molecule is COc1cccc(C[C@@H](NC(=O)CCC(=O)N[C@H](C)c2ccccc2)C(N)=O)c1. The van der Waals surface area contributed by atoms with Crippen LogP contribution in [0.4, 0.5) is 0 Å². The molecule has 0 spiro atoms. The normalized spacial score (nSPS) is 12.5. The maximum atomic E-state index is 12.2. The predicted octanol–water partition coefficient (Wildman–Crippen LogP) is 1.87. The first-order chi connectivity index (χ1) is 13.9. The molecule has 0 aromatic heterocycles. The Labute approximate surface area is 170 Å². The number of primary amides is 1. The molecule has 0 aliphatic heterocycles. The second-order valence-corrected chi connectivity index (χ2v) is 6.78. The van der Waals surface area contributed by atoms with E-state index < -0.39 is 17.9 Å². The van der Waals surface area contributed by atoms with Crippen molar-refractivity contribution < 1.29 is 19.1 Å². The van der Waals surface area contributed by atoms with Gasteiger partial charge in [-0.1, -0.05) is 42.5 Å². The van der Waals surface area contributed by atoms with Gasteiger partial charge in [-0.2, -0.15) is 0 Å². The van der Waals surface area contributed by atoms with Crippen LogP contribution >= 0.6 is 0 Å². The minimum atomic E-state index is -0.860. The molecule has 0 fully saturated rings. The fraction of sp³-hybridized carbons (Fsp3) is 0.318. The number of hydrogen-bond acceptors (Lipinski definition) is 4. The van der Waals surface area contributed by atoms with Gasteiger partial charge in [0.2, 0.25) is 17.7 Å². The lowest BCUT2D eigenvalue weighted by Crippen LogP contribution is -2.46. The molecule has 2 atom stereocenters. The molecule has 7 heteroatoms. The first kappa shape index (κ1) is 21.9. The first-order valence-corrected chi connectivity index (χ1v) is 9.45. The molecule has 7 nitrogen and oxygen atoms in total. The Morgan fingerprint density at radius 2 is 1.62 bits per heavy atom. The van der Waals surface area contributed by atoms with Gasteiger partial charge in [0.25, 0.3) is 0 Å². The van der Waals surface area contributed by atoms with Crippen molar-refractivity contribution in [2.24, 2.45) is 5.73 Å². The summed E-state index contributed by atoms with van der Waals surface area (Å²) in [6.45, 7) is 1.88. The molecular weight excluding hydrogens is 370 g/mol. The van der Waals surface area contributed by atoms with E-state index in [0.717, 1.165) is 11.1 Å². The van der Waals surface area contributed by atoms with Crippen LogP contribution in [0.15, 0.2) is 54.6 Å². The summed E-state index contributed by atoms with van der Waals surface area (Å²) in [5.41, 5.74) is 7.22. The minimum absolute atomic E-state index is 0.0215. The van der Waals surface area contributed by atoms with Crippen LogP contribution in [-0.4, -0.2) is 30.9 Å². The topological polar surface area (TPSA) is 111 Å². The van der Waals surface area contributed by atoms with Crippen LogP contribution in [0.3, 0.4) is 0 Å². The summed E-state index contributed by atoms with van der Waals surface area (Å²) in [5, 5.41) is 5.46. The maximum absolute atomic E-state index is 12.2. The quantitative estimate of drug-likeness (QED) is 0.568. The van der Waals surface area contributed by atoms with Gasteiger partial charge in [0.1, 0.15) is 11.8 Å². The van der Waals surface area contributed by atoms with Crippen LogP contribution in [0.2, 0.25) is 0 Å². The number of nitrogens with two attached hydrogens (primary N) is 1. The van der Waals surface area contributed by atoms with E-state index in [4.69, 9.17) is 10.5 Å². The van der Waals surface area contributed by atoms with E-state index in [1.807, 2.05) is 43.3 Å². The molecule has 0 aliphatic carbocycles. The number of benzene rings is 2. The number of rotatable bonds is 10. The Morgan fingerprint density at radius 3 is 2.24 bits per heavy atom. The summed E-state index contributed by atoms with van der Waals surface area (Å²) >= 11 is 0. The van der Waals surface area contributed by atoms with E-state index in [-0.39, 0.29) is 31.2 Å². The zero-order valence-corrected chi connectivity index (χ0v) is 16.7. The molecule has 2 rings (SSSR count). The summed E-state index contributed by atoms with van der Waals surface area (Å²) in [5.74, 6) is -0.622. The molecule has 0 bridgehead atoms. The van der Waals surface area contributed by atoms with Gasteiger partial charge in [0.15, 0.2) is 0 Å². The second-order valence-electron chi connectivity index (χ2n) is 6.78. The maximum Gasteiger partial charge on any atom is 0.240 e. The zero-order chi connectivity index (χ0) is 21.2.